The predicted octanol–water partition coefficient (Wildman–Crippen LogP) is -0.198. The number of carbonyl (C=O) groups is 1. The second-order valence-electron chi connectivity index (χ2n) is 4.54. The van der Waals surface area contributed by atoms with E-state index in [9.17, 15) is 13.2 Å². The van der Waals surface area contributed by atoms with Gasteiger partial charge in [0, 0.05) is 19.5 Å². The molecule has 0 spiro atoms. The zero-order chi connectivity index (χ0) is 14.5. The van der Waals surface area contributed by atoms with Crippen LogP contribution in [0.2, 0.25) is 0 Å². The number of nitrogens with two attached hydrogens (primary N) is 1. The fourth-order valence-corrected chi connectivity index (χ4v) is 2.24. The van der Waals surface area contributed by atoms with Gasteiger partial charge in [-0.3, -0.25) is 9.78 Å². The molecule has 19 heavy (non-hydrogen) atoms. The van der Waals surface area contributed by atoms with Gasteiger partial charge in [0.1, 0.15) is 9.84 Å². The summed E-state index contributed by atoms with van der Waals surface area (Å²) in [6.45, 7) is 0.353. The summed E-state index contributed by atoms with van der Waals surface area (Å²) in [4.78, 5) is 17.5. The zero-order valence-corrected chi connectivity index (χ0v) is 11.9. The lowest BCUT2D eigenvalue weighted by Gasteiger charge is -2.20. The molecule has 1 amide bonds. The number of amides is 1. The summed E-state index contributed by atoms with van der Waals surface area (Å²) in [7, 11) is -1.48. The van der Waals surface area contributed by atoms with Gasteiger partial charge in [0.25, 0.3) is 0 Å². The van der Waals surface area contributed by atoms with E-state index in [4.69, 9.17) is 5.73 Å². The van der Waals surface area contributed by atoms with Gasteiger partial charge in [-0.25, -0.2) is 8.42 Å². The Bertz CT molecular complexity index is 516. The van der Waals surface area contributed by atoms with Crippen molar-refractivity contribution in [2.75, 3.05) is 19.1 Å². The van der Waals surface area contributed by atoms with Crippen LogP contribution in [0.15, 0.2) is 24.4 Å². The molecule has 1 heterocycles. The second kappa shape index (κ2) is 6.63. The number of hydrogen-bond donors (Lipinski definition) is 1. The normalized spacial score (nSPS) is 13.0. The Hall–Kier alpha value is -1.47. The summed E-state index contributed by atoms with van der Waals surface area (Å²) in [6, 6.07) is 4.64. The molecule has 1 aromatic heterocycles. The molecule has 0 aromatic carbocycles. The van der Waals surface area contributed by atoms with Crippen LogP contribution in [-0.2, 0) is 21.2 Å². The fourth-order valence-electron chi connectivity index (χ4n) is 1.56. The number of pyridine rings is 1. The molecule has 1 unspecified atom stereocenters. The van der Waals surface area contributed by atoms with Crippen LogP contribution >= 0.6 is 0 Å². The molecule has 1 rings (SSSR count). The van der Waals surface area contributed by atoms with Gasteiger partial charge in [-0.15, -0.1) is 0 Å². The maximum atomic E-state index is 11.9. The van der Waals surface area contributed by atoms with Gasteiger partial charge in [0.15, 0.2) is 0 Å². The molecule has 2 N–H and O–H groups in total. The molecule has 106 valence electrons. The van der Waals surface area contributed by atoms with E-state index in [1.165, 1.54) is 4.90 Å². The van der Waals surface area contributed by atoms with Crippen LogP contribution in [0.25, 0.3) is 0 Å². The van der Waals surface area contributed by atoms with Crippen LogP contribution in [0, 0.1) is 0 Å². The number of hydrogen-bond acceptors (Lipinski definition) is 5. The molecule has 0 saturated carbocycles. The van der Waals surface area contributed by atoms with Gasteiger partial charge >= 0.3 is 0 Å². The molecule has 0 fully saturated rings. The van der Waals surface area contributed by atoms with Crippen molar-refractivity contribution in [2.45, 2.75) is 19.0 Å². The third-order valence-corrected chi connectivity index (χ3v) is 3.60. The van der Waals surface area contributed by atoms with Crippen molar-refractivity contribution in [3.63, 3.8) is 0 Å². The Balaban J connectivity index is 2.52. The van der Waals surface area contributed by atoms with E-state index in [-0.39, 0.29) is 18.1 Å². The zero-order valence-electron chi connectivity index (χ0n) is 11.1. The Labute approximate surface area is 113 Å². The summed E-state index contributed by atoms with van der Waals surface area (Å²) in [5, 5.41) is 0. The highest BCUT2D eigenvalue weighted by molar-refractivity contribution is 7.90. The summed E-state index contributed by atoms with van der Waals surface area (Å²) in [6.07, 6.45) is 2.91. The van der Waals surface area contributed by atoms with Crippen molar-refractivity contribution in [2.24, 2.45) is 5.73 Å². The van der Waals surface area contributed by atoms with E-state index >= 15 is 0 Å². The number of nitrogens with zero attached hydrogens (tertiary/aromatic N) is 2. The van der Waals surface area contributed by atoms with E-state index in [1.54, 1.807) is 19.3 Å². The van der Waals surface area contributed by atoms with Crippen LogP contribution < -0.4 is 5.73 Å². The van der Waals surface area contributed by atoms with Crippen molar-refractivity contribution in [3.8, 4) is 0 Å². The van der Waals surface area contributed by atoms with Crippen LogP contribution in [0.1, 0.15) is 12.1 Å². The molecule has 0 aliphatic carbocycles. The predicted molar refractivity (Wildman–Crippen MR) is 73.0 cm³/mol. The second-order valence-corrected chi connectivity index (χ2v) is 6.80. The quantitative estimate of drug-likeness (QED) is 0.781. The molecule has 0 radical (unpaired) electrons. The lowest BCUT2D eigenvalue weighted by atomic mass is 10.2. The summed E-state index contributed by atoms with van der Waals surface area (Å²) >= 11 is 0. The Morgan fingerprint density at radius 2 is 2.16 bits per heavy atom. The molecular formula is C12H19N3O3S. The molecule has 1 atom stereocenters. The highest BCUT2D eigenvalue weighted by atomic mass is 32.2. The molecule has 6 nitrogen and oxygen atoms in total. The van der Waals surface area contributed by atoms with Crippen LogP contribution in [0.5, 0.6) is 0 Å². The number of carbonyl (C=O) groups excluding carboxylic acids is 1. The molecular weight excluding hydrogens is 266 g/mol. The van der Waals surface area contributed by atoms with Crippen molar-refractivity contribution in [3.05, 3.63) is 30.1 Å². The van der Waals surface area contributed by atoms with Gasteiger partial charge in [-0.05, 0) is 18.6 Å². The first-order chi connectivity index (χ1) is 8.79. The van der Waals surface area contributed by atoms with E-state index < -0.39 is 15.9 Å². The SMILES string of the molecule is CN(Cc1ccccn1)C(=O)C(N)CCS(C)(=O)=O. The Kier molecular flexibility index (Phi) is 5.44. The molecule has 7 heteroatoms. The Morgan fingerprint density at radius 3 is 2.68 bits per heavy atom. The molecule has 0 aliphatic rings. The lowest BCUT2D eigenvalue weighted by Crippen LogP contribution is -2.42. The minimum atomic E-state index is -3.10. The number of sulfone groups is 1. The van der Waals surface area contributed by atoms with Crippen LogP contribution in [0.3, 0.4) is 0 Å². The van der Waals surface area contributed by atoms with Gasteiger partial charge in [0.2, 0.25) is 5.91 Å². The summed E-state index contributed by atoms with van der Waals surface area (Å²) in [5.41, 5.74) is 6.46. The average molecular weight is 285 g/mol. The van der Waals surface area contributed by atoms with Gasteiger partial charge in [-0.2, -0.15) is 0 Å². The minimum absolute atomic E-state index is 0.0860. The van der Waals surface area contributed by atoms with E-state index in [0.29, 0.717) is 6.54 Å². The third kappa shape index (κ3) is 5.80. The topological polar surface area (TPSA) is 93.4 Å². The maximum Gasteiger partial charge on any atom is 0.239 e. The van der Waals surface area contributed by atoms with Gasteiger partial charge < -0.3 is 10.6 Å². The van der Waals surface area contributed by atoms with E-state index in [2.05, 4.69) is 4.98 Å². The van der Waals surface area contributed by atoms with E-state index in [1.807, 2.05) is 12.1 Å². The minimum Gasteiger partial charge on any atom is -0.339 e. The third-order valence-electron chi connectivity index (χ3n) is 2.62. The van der Waals surface area contributed by atoms with Gasteiger partial charge in [0.05, 0.1) is 24.0 Å². The molecule has 1 aromatic rings. The van der Waals surface area contributed by atoms with Crippen molar-refractivity contribution < 1.29 is 13.2 Å². The first-order valence-electron chi connectivity index (χ1n) is 5.88. The van der Waals surface area contributed by atoms with Gasteiger partial charge in [-0.1, -0.05) is 6.07 Å². The molecule has 0 aliphatic heterocycles. The average Bonchev–Trinajstić information content (AvgIpc) is 2.35. The number of rotatable bonds is 6. The maximum absolute atomic E-state index is 11.9. The summed E-state index contributed by atoms with van der Waals surface area (Å²) in [5.74, 6) is -0.369. The lowest BCUT2D eigenvalue weighted by molar-refractivity contribution is -0.131. The number of aromatic nitrogens is 1. The van der Waals surface area contributed by atoms with E-state index in [0.717, 1.165) is 11.9 Å². The largest absolute Gasteiger partial charge is 0.339 e. The van der Waals surface area contributed by atoms with Crippen LogP contribution in [0.4, 0.5) is 0 Å². The van der Waals surface area contributed by atoms with Crippen molar-refractivity contribution in [1.29, 1.82) is 0 Å². The van der Waals surface area contributed by atoms with Crippen molar-refractivity contribution in [1.82, 2.24) is 9.88 Å². The monoisotopic (exact) mass is 285 g/mol. The highest BCUT2D eigenvalue weighted by Gasteiger charge is 2.19. The highest BCUT2D eigenvalue weighted by Crippen LogP contribution is 2.03. The first kappa shape index (κ1) is 15.6. The first-order valence-corrected chi connectivity index (χ1v) is 7.94. The Morgan fingerprint density at radius 1 is 1.47 bits per heavy atom. The summed E-state index contributed by atoms with van der Waals surface area (Å²) < 4.78 is 22.1. The fraction of sp³-hybridized carbons (Fsp3) is 0.500. The standard InChI is InChI=1S/C12H19N3O3S/c1-15(9-10-5-3-4-7-14-10)12(16)11(13)6-8-19(2,17)18/h3-5,7,11H,6,8-9,13H2,1-2H3. The van der Waals surface area contributed by atoms with Crippen LogP contribution in [-0.4, -0.2) is 49.3 Å². The smallest absolute Gasteiger partial charge is 0.239 e. The molecule has 0 saturated heterocycles. The van der Waals surface area contributed by atoms with Crippen molar-refractivity contribution >= 4 is 15.7 Å². The number of likely N-dealkylation sites (N-methyl/N-ethyl adjacent to an activating group) is 1. The molecule has 0 bridgehead atoms.